The summed E-state index contributed by atoms with van der Waals surface area (Å²) in [6.07, 6.45) is 10.5. The predicted molar refractivity (Wildman–Crippen MR) is 125 cm³/mol. The van der Waals surface area contributed by atoms with Gasteiger partial charge in [0.2, 0.25) is 0 Å². The number of likely N-dealkylation sites (tertiary alicyclic amines) is 1. The molecule has 154 valence electrons. The van der Waals surface area contributed by atoms with Crippen molar-refractivity contribution in [1.82, 2.24) is 14.9 Å². The second kappa shape index (κ2) is 7.16. The van der Waals surface area contributed by atoms with Gasteiger partial charge in [0, 0.05) is 18.2 Å². The molecule has 0 spiro atoms. The Morgan fingerprint density at radius 1 is 1.07 bits per heavy atom. The quantitative estimate of drug-likeness (QED) is 0.552. The van der Waals surface area contributed by atoms with Gasteiger partial charge in [-0.3, -0.25) is 0 Å². The second-order valence-electron chi connectivity index (χ2n) is 9.31. The third-order valence-electron chi connectivity index (χ3n) is 7.12. The SMILES string of the molecule is Cc1ccc(C2C=C(N3CCC[C@@]3(C)c3nc4cc(C)c(C)cc4[nH]3)C=CC2)cc1. The monoisotopic (exact) mass is 397 g/mol. The average molecular weight is 398 g/mol. The van der Waals surface area contributed by atoms with Crippen LogP contribution in [0.15, 0.2) is 60.3 Å². The number of allylic oxidation sites excluding steroid dienone is 3. The van der Waals surface area contributed by atoms with Gasteiger partial charge < -0.3 is 9.88 Å². The molecule has 2 aromatic carbocycles. The summed E-state index contributed by atoms with van der Waals surface area (Å²) in [7, 11) is 0. The molecular weight excluding hydrogens is 366 g/mol. The van der Waals surface area contributed by atoms with Gasteiger partial charge in [-0.2, -0.15) is 0 Å². The Hall–Kier alpha value is -2.81. The van der Waals surface area contributed by atoms with Gasteiger partial charge in [-0.15, -0.1) is 0 Å². The van der Waals surface area contributed by atoms with Crippen LogP contribution in [0.2, 0.25) is 0 Å². The molecule has 1 aromatic heterocycles. The van der Waals surface area contributed by atoms with Crippen molar-refractivity contribution in [1.29, 1.82) is 0 Å². The van der Waals surface area contributed by atoms with Gasteiger partial charge in [-0.1, -0.05) is 42.0 Å². The highest BCUT2D eigenvalue weighted by Gasteiger charge is 2.41. The van der Waals surface area contributed by atoms with Gasteiger partial charge in [-0.05, 0) is 81.9 Å². The van der Waals surface area contributed by atoms with Crippen molar-refractivity contribution < 1.29 is 0 Å². The van der Waals surface area contributed by atoms with Gasteiger partial charge in [0.25, 0.3) is 0 Å². The van der Waals surface area contributed by atoms with Crippen LogP contribution in [0.25, 0.3) is 11.0 Å². The number of nitrogens with one attached hydrogen (secondary N) is 1. The number of aryl methyl sites for hydroxylation is 3. The van der Waals surface area contributed by atoms with Crippen LogP contribution in [0.5, 0.6) is 0 Å². The molecule has 1 aliphatic carbocycles. The maximum atomic E-state index is 5.05. The van der Waals surface area contributed by atoms with Gasteiger partial charge in [0.05, 0.1) is 16.6 Å². The van der Waals surface area contributed by atoms with E-state index >= 15 is 0 Å². The van der Waals surface area contributed by atoms with Crippen LogP contribution < -0.4 is 0 Å². The minimum Gasteiger partial charge on any atom is -0.359 e. The Morgan fingerprint density at radius 2 is 1.83 bits per heavy atom. The molecule has 1 saturated heterocycles. The standard InChI is InChI=1S/C27H31N3/c1-18-9-11-21(12-10-18)22-7-5-8-23(17-22)30-14-6-13-27(30,4)26-28-24-15-19(2)20(3)16-25(24)29-26/h5,8-12,15-17,22H,6-7,13-14H2,1-4H3,(H,28,29)/t22?,27-/m0/s1. The van der Waals surface area contributed by atoms with Crippen LogP contribution in [0.1, 0.15) is 60.2 Å². The highest BCUT2D eigenvalue weighted by Crippen LogP contribution is 2.42. The number of aromatic nitrogens is 2. The summed E-state index contributed by atoms with van der Waals surface area (Å²) in [6, 6.07) is 13.4. The van der Waals surface area contributed by atoms with Gasteiger partial charge in [0.1, 0.15) is 5.82 Å². The van der Waals surface area contributed by atoms with Crippen LogP contribution in [0.4, 0.5) is 0 Å². The molecule has 1 N–H and O–H groups in total. The number of rotatable bonds is 3. The number of hydrogen-bond acceptors (Lipinski definition) is 2. The topological polar surface area (TPSA) is 31.9 Å². The number of nitrogens with zero attached hydrogens (tertiary/aromatic N) is 2. The van der Waals surface area contributed by atoms with E-state index < -0.39 is 0 Å². The first-order valence-electron chi connectivity index (χ1n) is 11.1. The zero-order valence-electron chi connectivity index (χ0n) is 18.5. The van der Waals surface area contributed by atoms with E-state index in [1.807, 2.05) is 0 Å². The minimum absolute atomic E-state index is 0.105. The first kappa shape index (κ1) is 19.2. The van der Waals surface area contributed by atoms with E-state index in [0.717, 1.165) is 36.2 Å². The zero-order valence-corrected chi connectivity index (χ0v) is 18.5. The normalized spacial score (nSPS) is 23.9. The lowest BCUT2D eigenvalue weighted by Gasteiger charge is -2.37. The molecule has 2 atom stereocenters. The fourth-order valence-corrected chi connectivity index (χ4v) is 5.04. The third-order valence-corrected chi connectivity index (χ3v) is 7.12. The molecule has 0 bridgehead atoms. The third kappa shape index (κ3) is 3.17. The highest BCUT2D eigenvalue weighted by molar-refractivity contribution is 5.77. The van der Waals surface area contributed by atoms with Gasteiger partial charge >= 0.3 is 0 Å². The van der Waals surface area contributed by atoms with Crippen molar-refractivity contribution in [2.24, 2.45) is 0 Å². The number of fused-ring (bicyclic) bond motifs is 1. The molecule has 3 heteroatoms. The van der Waals surface area contributed by atoms with Crippen LogP contribution in [0, 0.1) is 20.8 Å². The van der Waals surface area contributed by atoms with Crippen LogP contribution >= 0.6 is 0 Å². The van der Waals surface area contributed by atoms with E-state index in [2.05, 4.69) is 92.2 Å². The maximum Gasteiger partial charge on any atom is 0.132 e. The van der Waals surface area contributed by atoms with Crippen molar-refractivity contribution in [3.05, 3.63) is 88.4 Å². The van der Waals surface area contributed by atoms with Gasteiger partial charge in [-0.25, -0.2) is 4.98 Å². The van der Waals surface area contributed by atoms with Crippen molar-refractivity contribution in [3.8, 4) is 0 Å². The number of aromatic amines is 1. The fraction of sp³-hybridized carbons (Fsp3) is 0.370. The van der Waals surface area contributed by atoms with E-state index in [4.69, 9.17) is 4.98 Å². The lowest BCUT2D eigenvalue weighted by atomic mass is 9.89. The minimum atomic E-state index is -0.105. The van der Waals surface area contributed by atoms with Crippen molar-refractivity contribution in [2.75, 3.05) is 6.54 Å². The molecule has 3 aromatic rings. The van der Waals surface area contributed by atoms with E-state index in [0.29, 0.717) is 5.92 Å². The summed E-state index contributed by atoms with van der Waals surface area (Å²) < 4.78 is 0. The van der Waals surface area contributed by atoms with E-state index in [1.165, 1.54) is 34.4 Å². The molecule has 30 heavy (non-hydrogen) atoms. The number of H-pyrrole nitrogens is 1. The summed E-state index contributed by atoms with van der Waals surface area (Å²) in [5.74, 6) is 1.53. The number of benzene rings is 2. The summed E-state index contributed by atoms with van der Waals surface area (Å²) in [4.78, 5) is 11.3. The Morgan fingerprint density at radius 3 is 2.63 bits per heavy atom. The molecule has 0 amide bonds. The van der Waals surface area contributed by atoms with Gasteiger partial charge in [0.15, 0.2) is 0 Å². The summed E-state index contributed by atoms with van der Waals surface area (Å²) in [6.45, 7) is 9.90. The molecule has 1 unspecified atom stereocenters. The van der Waals surface area contributed by atoms with Crippen molar-refractivity contribution in [3.63, 3.8) is 0 Å². The molecule has 1 aliphatic heterocycles. The molecule has 2 heterocycles. The summed E-state index contributed by atoms with van der Waals surface area (Å²) >= 11 is 0. The smallest absolute Gasteiger partial charge is 0.132 e. The molecule has 1 fully saturated rings. The molecule has 0 radical (unpaired) electrons. The summed E-state index contributed by atoms with van der Waals surface area (Å²) in [5.41, 5.74) is 8.78. The Bertz CT molecular complexity index is 1110. The van der Waals surface area contributed by atoms with E-state index in [-0.39, 0.29) is 5.54 Å². The largest absolute Gasteiger partial charge is 0.359 e. The van der Waals surface area contributed by atoms with E-state index in [9.17, 15) is 0 Å². The zero-order chi connectivity index (χ0) is 20.9. The number of hydrogen-bond donors (Lipinski definition) is 1. The second-order valence-corrected chi connectivity index (χ2v) is 9.31. The number of imidazole rings is 1. The van der Waals surface area contributed by atoms with Crippen LogP contribution in [-0.4, -0.2) is 21.4 Å². The average Bonchev–Trinajstić information content (AvgIpc) is 3.33. The molecule has 5 rings (SSSR count). The Balaban J connectivity index is 1.51. The van der Waals surface area contributed by atoms with Crippen molar-refractivity contribution >= 4 is 11.0 Å². The molecule has 2 aliphatic rings. The molecule has 3 nitrogen and oxygen atoms in total. The first-order chi connectivity index (χ1) is 14.4. The predicted octanol–water partition coefficient (Wildman–Crippen LogP) is 6.43. The first-order valence-corrected chi connectivity index (χ1v) is 11.1. The Kier molecular flexibility index (Phi) is 4.57. The van der Waals surface area contributed by atoms with E-state index in [1.54, 1.807) is 0 Å². The maximum absolute atomic E-state index is 5.05. The van der Waals surface area contributed by atoms with Crippen LogP contribution in [-0.2, 0) is 5.54 Å². The molecule has 0 saturated carbocycles. The lowest BCUT2D eigenvalue weighted by molar-refractivity contribution is 0.200. The fourth-order valence-electron chi connectivity index (χ4n) is 5.04. The highest BCUT2D eigenvalue weighted by atomic mass is 15.3. The summed E-state index contributed by atoms with van der Waals surface area (Å²) in [5, 5.41) is 0. The Labute approximate surface area is 179 Å². The lowest BCUT2D eigenvalue weighted by Crippen LogP contribution is -2.39. The van der Waals surface area contributed by atoms with Crippen molar-refractivity contribution in [2.45, 2.75) is 58.4 Å². The van der Waals surface area contributed by atoms with Crippen LogP contribution in [0.3, 0.4) is 0 Å². The molecular formula is C27H31N3.